The van der Waals surface area contributed by atoms with Crippen LogP contribution in [0.4, 0.5) is 5.69 Å². The van der Waals surface area contributed by atoms with E-state index in [0.29, 0.717) is 5.92 Å². The molecule has 2 unspecified atom stereocenters. The molecule has 1 aromatic rings. The summed E-state index contributed by atoms with van der Waals surface area (Å²) >= 11 is 0. The minimum absolute atomic E-state index is 0.0639. The molecule has 4 heteroatoms. The molecule has 2 atom stereocenters. The summed E-state index contributed by atoms with van der Waals surface area (Å²) in [4.78, 5) is 16.4. The fourth-order valence-electron chi connectivity index (χ4n) is 2.26. The van der Waals surface area contributed by atoms with Gasteiger partial charge in [0.15, 0.2) is 0 Å². The van der Waals surface area contributed by atoms with Gasteiger partial charge in [-0.3, -0.25) is 9.78 Å². The van der Waals surface area contributed by atoms with Gasteiger partial charge in [0.05, 0.1) is 17.3 Å². The molecule has 1 aromatic heterocycles. The number of amides is 1. The molecule has 0 saturated carbocycles. The number of nitrogens with one attached hydrogen (secondary N) is 2. The number of hydrogen-bond acceptors (Lipinski definition) is 3. The molecule has 0 aromatic carbocycles. The van der Waals surface area contributed by atoms with Gasteiger partial charge < -0.3 is 10.6 Å². The predicted molar refractivity (Wildman–Crippen MR) is 67.9 cm³/mol. The minimum atomic E-state index is 0.0639. The standard InChI is InChI=1S/C13H19N3O/c1-8-4-5-15-10(3)12(8)16-13(17)11-7-14-6-9(11)2/h4-5,9,11,14H,6-7H2,1-3H3,(H,16,17). The number of anilines is 1. The van der Waals surface area contributed by atoms with Gasteiger partial charge >= 0.3 is 0 Å². The van der Waals surface area contributed by atoms with E-state index in [1.54, 1.807) is 6.20 Å². The van der Waals surface area contributed by atoms with E-state index < -0.39 is 0 Å². The van der Waals surface area contributed by atoms with Gasteiger partial charge in [0, 0.05) is 12.7 Å². The summed E-state index contributed by atoms with van der Waals surface area (Å²) in [5, 5.41) is 6.25. The van der Waals surface area contributed by atoms with Crippen molar-refractivity contribution >= 4 is 11.6 Å². The van der Waals surface area contributed by atoms with Gasteiger partial charge in [0.25, 0.3) is 0 Å². The Morgan fingerprint density at radius 3 is 2.82 bits per heavy atom. The molecule has 0 aliphatic carbocycles. The van der Waals surface area contributed by atoms with Crippen LogP contribution in [0.5, 0.6) is 0 Å². The second kappa shape index (κ2) is 4.84. The average molecular weight is 233 g/mol. The van der Waals surface area contributed by atoms with Crippen LogP contribution in [0.25, 0.3) is 0 Å². The zero-order valence-electron chi connectivity index (χ0n) is 10.6. The summed E-state index contributed by atoms with van der Waals surface area (Å²) in [5.41, 5.74) is 2.79. The van der Waals surface area contributed by atoms with Gasteiger partial charge in [0.1, 0.15) is 0 Å². The molecule has 1 amide bonds. The third-order valence-corrected chi connectivity index (χ3v) is 3.45. The van der Waals surface area contributed by atoms with Crippen LogP contribution in [0.2, 0.25) is 0 Å². The van der Waals surface area contributed by atoms with Gasteiger partial charge in [-0.2, -0.15) is 0 Å². The molecular weight excluding hydrogens is 214 g/mol. The number of carbonyl (C=O) groups is 1. The molecule has 0 bridgehead atoms. The average Bonchev–Trinajstić information content (AvgIpc) is 2.70. The van der Waals surface area contributed by atoms with Gasteiger partial charge in [-0.25, -0.2) is 0 Å². The highest BCUT2D eigenvalue weighted by atomic mass is 16.2. The number of rotatable bonds is 2. The molecule has 4 nitrogen and oxygen atoms in total. The number of aryl methyl sites for hydroxylation is 2. The third kappa shape index (κ3) is 2.47. The summed E-state index contributed by atoms with van der Waals surface area (Å²) in [6.45, 7) is 7.70. The van der Waals surface area contributed by atoms with E-state index in [4.69, 9.17) is 0 Å². The summed E-state index contributed by atoms with van der Waals surface area (Å²) in [6, 6.07) is 1.92. The van der Waals surface area contributed by atoms with E-state index in [0.717, 1.165) is 30.0 Å². The smallest absolute Gasteiger partial charge is 0.229 e. The van der Waals surface area contributed by atoms with E-state index >= 15 is 0 Å². The van der Waals surface area contributed by atoms with E-state index in [1.165, 1.54) is 0 Å². The van der Waals surface area contributed by atoms with Crippen LogP contribution in [0.3, 0.4) is 0 Å². The van der Waals surface area contributed by atoms with Crippen LogP contribution in [0.1, 0.15) is 18.2 Å². The fourth-order valence-corrected chi connectivity index (χ4v) is 2.26. The zero-order chi connectivity index (χ0) is 12.4. The Kier molecular flexibility index (Phi) is 3.43. The van der Waals surface area contributed by atoms with Crippen molar-refractivity contribution in [2.45, 2.75) is 20.8 Å². The lowest BCUT2D eigenvalue weighted by Gasteiger charge is -2.16. The molecule has 2 rings (SSSR count). The van der Waals surface area contributed by atoms with Crippen LogP contribution in [-0.2, 0) is 4.79 Å². The summed E-state index contributed by atoms with van der Waals surface area (Å²) in [5.74, 6) is 0.558. The quantitative estimate of drug-likeness (QED) is 0.813. The number of aromatic nitrogens is 1. The largest absolute Gasteiger partial charge is 0.324 e. The number of nitrogens with zero attached hydrogens (tertiary/aromatic N) is 1. The van der Waals surface area contributed by atoms with Crippen molar-refractivity contribution in [3.05, 3.63) is 23.5 Å². The Balaban J connectivity index is 2.13. The Labute approximate surface area is 102 Å². The Hall–Kier alpha value is -1.42. The maximum atomic E-state index is 12.2. The number of pyridine rings is 1. The van der Waals surface area contributed by atoms with Crippen molar-refractivity contribution in [1.82, 2.24) is 10.3 Å². The predicted octanol–water partition coefficient (Wildman–Crippen LogP) is 1.49. The van der Waals surface area contributed by atoms with E-state index in [1.807, 2.05) is 19.9 Å². The summed E-state index contributed by atoms with van der Waals surface area (Å²) in [6.07, 6.45) is 1.76. The Bertz CT molecular complexity index is 410. The van der Waals surface area contributed by atoms with Crippen LogP contribution in [0.15, 0.2) is 12.3 Å². The van der Waals surface area contributed by atoms with Gasteiger partial charge in [-0.05, 0) is 37.9 Å². The molecule has 1 saturated heterocycles. The van der Waals surface area contributed by atoms with Crippen molar-refractivity contribution in [2.24, 2.45) is 11.8 Å². The summed E-state index contributed by atoms with van der Waals surface area (Å²) < 4.78 is 0. The SMILES string of the molecule is Cc1ccnc(C)c1NC(=O)C1CNCC1C. The molecule has 2 N–H and O–H groups in total. The first-order chi connectivity index (χ1) is 8.09. The Morgan fingerprint density at radius 2 is 2.24 bits per heavy atom. The minimum Gasteiger partial charge on any atom is -0.324 e. The first kappa shape index (κ1) is 12.0. The number of carbonyl (C=O) groups excluding carboxylic acids is 1. The van der Waals surface area contributed by atoms with Crippen molar-refractivity contribution < 1.29 is 4.79 Å². The molecular formula is C13H19N3O. The van der Waals surface area contributed by atoms with Crippen molar-refractivity contribution in [2.75, 3.05) is 18.4 Å². The summed E-state index contributed by atoms with van der Waals surface area (Å²) in [7, 11) is 0. The first-order valence-corrected chi connectivity index (χ1v) is 6.03. The molecule has 17 heavy (non-hydrogen) atoms. The van der Waals surface area contributed by atoms with Gasteiger partial charge in [-0.15, -0.1) is 0 Å². The second-order valence-electron chi connectivity index (χ2n) is 4.82. The van der Waals surface area contributed by atoms with E-state index in [-0.39, 0.29) is 11.8 Å². The molecule has 1 aliphatic heterocycles. The highest BCUT2D eigenvalue weighted by molar-refractivity contribution is 5.94. The van der Waals surface area contributed by atoms with E-state index in [9.17, 15) is 4.79 Å². The zero-order valence-corrected chi connectivity index (χ0v) is 10.6. The van der Waals surface area contributed by atoms with Crippen molar-refractivity contribution in [1.29, 1.82) is 0 Å². The second-order valence-corrected chi connectivity index (χ2v) is 4.82. The lowest BCUT2D eigenvalue weighted by atomic mass is 9.97. The molecule has 1 fully saturated rings. The molecule has 0 spiro atoms. The number of hydrogen-bond donors (Lipinski definition) is 2. The lowest BCUT2D eigenvalue weighted by molar-refractivity contribution is -0.120. The Morgan fingerprint density at radius 1 is 1.47 bits per heavy atom. The topological polar surface area (TPSA) is 54.0 Å². The van der Waals surface area contributed by atoms with E-state index in [2.05, 4.69) is 22.5 Å². The maximum Gasteiger partial charge on any atom is 0.229 e. The third-order valence-electron chi connectivity index (χ3n) is 3.45. The van der Waals surface area contributed by atoms with Gasteiger partial charge in [0.2, 0.25) is 5.91 Å². The monoisotopic (exact) mass is 233 g/mol. The van der Waals surface area contributed by atoms with Crippen molar-refractivity contribution in [3.63, 3.8) is 0 Å². The highest BCUT2D eigenvalue weighted by Gasteiger charge is 2.29. The molecule has 1 aliphatic rings. The van der Waals surface area contributed by atoms with Crippen LogP contribution >= 0.6 is 0 Å². The molecule has 2 heterocycles. The molecule has 0 radical (unpaired) electrons. The first-order valence-electron chi connectivity index (χ1n) is 6.03. The van der Waals surface area contributed by atoms with Crippen LogP contribution < -0.4 is 10.6 Å². The fraction of sp³-hybridized carbons (Fsp3) is 0.538. The lowest BCUT2D eigenvalue weighted by Crippen LogP contribution is -2.28. The van der Waals surface area contributed by atoms with Crippen molar-refractivity contribution in [3.8, 4) is 0 Å². The van der Waals surface area contributed by atoms with Crippen LogP contribution in [-0.4, -0.2) is 24.0 Å². The normalized spacial score (nSPS) is 23.7. The van der Waals surface area contributed by atoms with Crippen LogP contribution in [0, 0.1) is 25.7 Å². The van der Waals surface area contributed by atoms with Gasteiger partial charge in [-0.1, -0.05) is 6.92 Å². The maximum absolute atomic E-state index is 12.2. The molecule has 92 valence electrons. The highest BCUT2D eigenvalue weighted by Crippen LogP contribution is 2.21.